The molecule has 4 rings (SSSR count). The van der Waals surface area contributed by atoms with Gasteiger partial charge >= 0.3 is 0 Å². The molecular formula is C14H10F3NO3S. The highest BCUT2D eigenvalue weighted by molar-refractivity contribution is 7.94. The zero-order valence-electron chi connectivity index (χ0n) is 11.0. The van der Waals surface area contributed by atoms with Gasteiger partial charge in [-0.1, -0.05) is 12.2 Å². The molecule has 8 heteroatoms. The number of carbonyl (C=O) groups is 1. The number of halogens is 3. The van der Waals surface area contributed by atoms with Crippen LogP contribution in [0.1, 0.15) is 6.42 Å². The first-order valence-electron chi connectivity index (χ1n) is 6.74. The number of sulfonamides is 1. The summed E-state index contributed by atoms with van der Waals surface area (Å²) in [6, 6.07) is 1.39. The minimum absolute atomic E-state index is 0.198. The van der Waals surface area contributed by atoms with Gasteiger partial charge in [-0.3, -0.25) is 4.79 Å². The van der Waals surface area contributed by atoms with Crippen LogP contribution in [0.15, 0.2) is 24.3 Å². The fourth-order valence-electron chi connectivity index (χ4n) is 3.82. The number of hydrogen-bond acceptors (Lipinski definition) is 3. The van der Waals surface area contributed by atoms with Crippen LogP contribution in [0.4, 0.5) is 18.9 Å². The fraction of sp³-hybridized carbons (Fsp3) is 0.357. The van der Waals surface area contributed by atoms with Gasteiger partial charge in [0.05, 0.1) is 16.9 Å². The molecule has 1 heterocycles. The molecule has 2 bridgehead atoms. The van der Waals surface area contributed by atoms with E-state index >= 15 is 0 Å². The van der Waals surface area contributed by atoms with Crippen molar-refractivity contribution in [2.75, 3.05) is 4.31 Å². The predicted octanol–water partition coefficient (Wildman–Crippen LogP) is 1.97. The molecule has 0 radical (unpaired) electrons. The molecule has 1 aromatic rings. The summed E-state index contributed by atoms with van der Waals surface area (Å²) < 4.78 is 65.9. The lowest BCUT2D eigenvalue weighted by atomic mass is 9.92. The summed E-state index contributed by atoms with van der Waals surface area (Å²) in [5.74, 6) is -6.93. The Hall–Kier alpha value is -1.83. The van der Waals surface area contributed by atoms with Crippen LogP contribution in [0.25, 0.3) is 0 Å². The number of rotatable bonds is 1. The van der Waals surface area contributed by atoms with Gasteiger partial charge < -0.3 is 0 Å². The molecule has 0 unspecified atom stereocenters. The maximum Gasteiger partial charge on any atom is 0.246 e. The Bertz CT molecular complexity index is 836. The molecule has 2 aliphatic carbocycles. The number of benzene rings is 1. The Labute approximate surface area is 124 Å². The monoisotopic (exact) mass is 329 g/mol. The van der Waals surface area contributed by atoms with Crippen molar-refractivity contribution in [3.8, 4) is 0 Å². The van der Waals surface area contributed by atoms with Gasteiger partial charge in [0.2, 0.25) is 15.9 Å². The third kappa shape index (κ3) is 1.48. The smallest absolute Gasteiger partial charge is 0.246 e. The van der Waals surface area contributed by atoms with Gasteiger partial charge in [-0.05, 0) is 30.4 Å². The molecule has 1 saturated carbocycles. The molecular weight excluding hydrogens is 319 g/mol. The summed E-state index contributed by atoms with van der Waals surface area (Å²) in [5.41, 5.74) is -0.752. The lowest BCUT2D eigenvalue weighted by Gasteiger charge is -2.19. The molecule has 1 saturated heterocycles. The Morgan fingerprint density at radius 2 is 1.73 bits per heavy atom. The molecule has 116 valence electrons. The van der Waals surface area contributed by atoms with Crippen LogP contribution in [0.2, 0.25) is 0 Å². The maximum absolute atomic E-state index is 13.9. The summed E-state index contributed by atoms with van der Waals surface area (Å²) in [7, 11) is -4.15. The van der Waals surface area contributed by atoms with Crippen LogP contribution in [0.3, 0.4) is 0 Å². The second kappa shape index (κ2) is 4.13. The molecule has 22 heavy (non-hydrogen) atoms. The van der Waals surface area contributed by atoms with Crippen LogP contribution < -0.4 is 4.31 Å². The largest absolute Gasteiger partial charge is 0.273 e. The number of carbonyl (C=O) groups excluding carboxylic acids is 1. The number of hydrogen-bond donors (Lipinski definition) is 0. The van der Waals surface area contributed by atoms with Gasteiger partial charge in [0.15, 0.2) is 17.5 Å². The maximum atomic E-state index is 13.9. The summed E-state index contributed by atoms with van der Waals surface area (Å²) in [5, 5.41) is -0.942. The van der Waals surface area contributed by atoms with E-state index in [1.165, 1.54) is 0 Å². The van der Waals surface area contributed by atoms with Gasteiger partial charge in [-0.15, -0.1) is 0 Å². The number of anilines is 1. The third-order valence-corrected chi connectivity index (χ3v) is 6.92. The zero-order valence-corrected chi connectivity index (χ0v) is 11.9. The minimum atomic E-state index is -4.15. The van der Waals surface area contributed by atoms with Crippen LogP contribution >= 0.6 is 0 Å². The van der Waals surface area contributed by atoms with E-state index in [0.29, 0.717) is 16.8 Å². The normalized spacial score (nSPS) is 34.5. The number of fused-ring (bicyclic) bond motifs is 5. The van der Waals surface area contributed by atoms with Crippen LogP contribution in [0.5, 0.6) is 0 Å². The summed E-state index contributed by atoms with van der Waals surface area (Å²) in [4.78, 5) is 12.5. The molecule has 3 aliphatic rings. The quantitative estimate of drug-likeness (QED) is 0.585. The first-order chi connectivity index (χ1) is 10.3. The van der Waals surface area contributed by atoms with Crippen molar-refractivity contribution in [3.63, 3.8) is 0 Å². The molecule has 4 nitrogen and oxygen atoms in total. The topological polar surface area (TPSA) is 54.5 Å². The average Bonchev–Trinajstić information content (AvgIpc) is 3.12. The average molecular weight is 329 g/mol. The van der Waals surface area contributed by atoms with Gasteiger partial charge in [0.25, 0.3) is 0 Å². The summed E-state index contributed by atoms with van der Waals surface area (Å²) in [6.45, 7) is 0. The Balaban J connectivity index is 1.88. The SMILES string of the molecule is O=C1[C@@H]2[C@@H]([C@@H]3C=C[C@H]2C3)S(=O)(=O)N1c1ccc(F)c(F)c1F. The molecule has 4 atom stereocenters. The van der Waals surface area contributed by atoms with Crippen molar-refractivity contribution >= 4 is 21.6 Å². The molecule has 0 aromatic heterocycles. The molecule has 2 fully saturated rings. The second-order valence-corrected chi connectivity index (χ2v) is 7.72. The van der Waals surface area contributed by atoms with Gasteiger partial charge in [0, 0.05) is 0 Å². The van der Waals surface area contributed by atoms with Gasteiger partial charge in [-0.25, -0.2) is 25.9 Å². The molecule has 1 aromatic carbocycles. The van der Waals surface area contributed by atoms with Crippen LogP contribution in [-0.4, -0.2) is 19.6 Å². The minimum Gasteiger partial charge on any atom is -0.273 e. The lowest BCUT2D eigenvalue weighted by Crippen LogP contribution is -2.34. The van der Waals surface area contributed by atoms with Gasteiger partial charge in [0.1, 0.15) is 0 Å². The second-order valence-electron chi connectivity index (χ2n) is 5.78. The molecule has 0 N–H and O–H groups in total. The number of amides is 1. The number of nitrogens with zero attached hydrogens (tertiary/aromatic N) is 1. The highest BCUT2D eigenvalue weighted by Crippen LogP contribution is 2.53. The van der Waals surface area contributed by atoms with Crippen molar-refractivity contribution in [1.82, 2.24) is 0 Å². The van der Waals surface area contributed by atoms with E-state index in [0.717, 1.165) is 6.07 Å². The molecule has 1 amide bonds. The van der Waals surface area contributed by atoms with E-state index in [1.807, 2.05) is 0 Å². The van der Waals surface area contributed by atoms with E-state index in [-0.39, 0.29) is 11.8 Å². The molecule has 0 spiro atoms. The van der Waals surface area contributed by atoms with Crippen molar-refractivity contribution in [2.24, 2.45) is 17.8 Å². The predicted molar refractivity (Wildman–Crippen MR) is 70.7 cm³/mol. The van der Waals surface area contributed by atoms with E-state index in [4.69, 9.17) is 0 Å². The standard InChI is InChI=1S/C14H10F3NO3S/c15-8-3-4-9(12(17)11(8)16)18-14(19)10-6-1-2-7(5-6)13(10)22(18,20)21/h1-4,6-7,10,13H,5H2/t6-,7+,10-,13+/m0/s1. The third-order valence-electron chi connectivity index (χ3n) is 4.70. The zero-order chi connectivity index (χ0) is 15.8. The highest BCUT2D eigenvalue weighted by Gasteiger charge is 2.63. The van der Waals surface area contributed by atoms with Crippen molar-refractivity contribution < 1.29 is 26.4 Å². The van der Waals surface area contributed by atoms with Crippen molar-refractivity contribution in [1.29, 1.82) is 0 Å². The van der Waals surface area contributed by atoms with Gasteiger partial charge in [-0.2, -0.15) is 0 Å². The van der Waals surface area contributed by atoms with Crippen LogP contribution in [0, 0.1) is 35.2 Å². The first-order valence-corrected chi connectivity index (χ1v) is 8.24. The lowest BCUT2D eigenvalue weighted by molar-refractivity contribution is -0.120. The van der Waals surface area contributed by atoms with E-state index in [9.17, 15) is 26.4 Å². The van der Waals surface area contributed by atoms with E-state index in [1.54, 1.807) is 12.2 Å². The Morgan fingerprint density at radius 1 is 1.05 bits per heavy atom. The highest BCUT2D eigenvalue weighted by atomic mass is 32.2. The van der Waals surface area contributed by atoms with Crippen LogP contribution in [-0.2, 0) is 14.8 Å². The Morgan fingerprint density at radius 3 is 2.41 bits per heavy atom. The van der Waals surface area contributed by atoms with E-state index < -0.39 is 50.2 Å². The fourth-order valence-corrected chi connectivity index (χ4v) is 6.18. The van der Waals surface area contributed by atoms with Crippen molar-refractivity contribution in [2.45, 2.75) is 11.7 Å². The number of allylic oxidation sites excluding steroid dienone is 2. The van der Waals surface area contributed by atoms with Crippen molar-refractivity contribution in [3.05, 3.63) is 41.7 Å². The Kier molecular flexibility index (Phi) is 2.59. The summed E-state index contributed by atoms with van der Waals surface area (Å²) in [6.07, 6.45) is 4.13. The first kappa shape index (κ1) is 13.8. The van der Waals surface area contributed by atoms with E-state index in [2.05, 4.69) is 0 Å². The molecule has 1 aliphatic heterocycles. The summed E-state index contributed by atoms with van der Waals surface area (Å²) >= 11 is 0.